The number of hydrogen-bond acceptors (Lipinski definition) is 6. The third-order valence-electron chi connectivity index (χ3n) is 3.10. The van der Waals surface area contributed by atoms with Crippen molar-refractivity contribution in [2.45, 2.75) is 18.9 Å². The minimum absolute atomic E-state index is 0.115. The van der Waals surface area contributed by atoms with Crippen molar-refractivity contribution in [2.24, 2.45) is 10.9 Å². The number of amidine groups is 1. The van der Waals surface area contributed by atoms with Crippen LogP contribution in [0.2, 0.25) is 0 Å². The molecule has 1 amide bonds. The van der Waals surface area contributed by atoms with E-state index >= 15 is 0 Å². The number of aromatic nitrogens is 1. The number of nitrogens with two attached hydrogens (primary N) is 1. The van der Waals surface area contributed by atoms with E-state index in [1.165, 1.54) is 11.3 Å². The Bertz CT molecular complexity index is 440. The average molecular weight is 283 g/mol. The molecule has 4 N–H and O–H groups in total. The molecule has 1 fully saturated rings. The Balaban J connectivity index is 1.76. The van der Waals surface area contributed by atoms with Crippen LogP contribution in [-0.4, -0.2) is 52.5 Å². The lowest BCUT2D eigenvalue weighted by molar-refractivity contribution is 0.0910. The molecule has 1 aromatic rings. The summed E-state index contributed by atoms with van der Waals surface area (Å²) in [7, 11) is 0. The second-order valence-electron chi connectivity index (χ2n) is 4.49. The molecule has 0 aliphatic carbocycles. The summed E-state index contributed by atoms with van der Waals surface area (Å²) in [5.74, 6) is 0.0982. The molecule has 1 aromatic heterocycles. The van der Waals surface area contributed by atoms with E-state index in [-0.39, 0.29) is 17.8 Å². The summed E-state index contributed by atoms with van der Waals surface area (Å²) in [5.41, 5.74) is 7.59. The molecule has 1 saturated heterocycles. The predicted octanol–water partition coefficient (Wildman–Crippen LogP) is 0.0837. The lowest BCUT2D eigenvalue weighted by Crippen LogP contribution is -2.46. The molecule has 2 heterocycles. The van der Waals surface area contributed by atoms with Crippen LogP contribution in [0.5, 0.6) is 0 Å². The molecule has 0 atom stereocenters. The van der Waals surface area contributed by atoms with Gasteiger partial charge in [-0.25, -0.2) is 4.98 Å². The van der Waals surface area contributed by atoms with Crippen LogP contribution in [0.15, 0.2) is 16.0 Å². The second-order valence-corrected chi connectivity index (χ2v) is 5.21. The SMILES string of the molecule is NC(CN1CCC(NC(=O)c2cscn2)CC1)=NO. The fourth-order valence-corrected chi connectivity index (χ4v) is 2.61. The van der Waals surface area contributed by atoms with Gasteiger partial charge in [-0.3, -0.25) is 9.69 Å². The molecule has 0 radical (unpaired) electrons. The van der Waals surface area contributed by atoms with Crippen molar-refractivity contribution in [2.75, 3.05) is 19.6 Å². The van der Waals surface area contributed by atoms with Crippen molar-refractivity contribution in [3.63, 3.8) is 0 Å². The normalized spacial score (nSPS) is 18.4. The number of carbonyl (C=O) groups excluding carboxylic acids is 1. The molecule has 7 nitrogen and oxygen atoms in total. The standard InChI is InChI=1S/C11H17N5O2S/c12-10(15-18)5-16-3-1-8(2-4-16)14-11(17)9-6-19-7-13-9/h6-8,18H,1-5H2,(H2,12,15)(H,14,17). The maximum atomic E-state index is 11.8. The Labute approximate surface area is 115 Å². The molecular weight excluding hydrogens is 266 g/mol. The number of hydrogen-bond donors (Lipinski definition) is 3. The maximum absolute atomic E-state index is 11.8. The highest BCUT2D eigenvalue weighted by atomic mass is 32.1. The maximum Gasteiger partial charge on any atom is 0.270 e. The minimum Gasteiger partial charge on any atom is -0.409 e. The van der Waals surface area contributed by atoms with Crippen LogP contribution in [0.1, 0.15) is 23.3 Å². The van der Waals surface area contributed by atoms with Gasteiger partial charge in [0.1, 0.15) is 5.69 Å². The van der Waals surface area contributed by atoms with Crippen LogP contribution < -0.4 is 11.1 Å². The number of nitrogens with zero attached hydrogens (tertiary/aromatic N) is 3. The summed E-state index contributed by atoms with van der Waals surface area (Å²) in [6, 6.07) is 0.165. The summed E-state index contributed by atoms with van der Waals surface area (Å²) in [4.78, 5) is 17.9. The summed E-state index contributed by atoms with van der Waals surface area (Å²) in [6.07, 6.45) is 1.71. The van der Waals surface area contributed by atoms with Gasteiger partial charge in [-0.2, -0.15) is 0 Å². The van der Waals surface area contributed by atoms with E-state index in [4.69, 9.17) is 10.9 Å². The number of carbonyl (C=O) groups is 1. The molecule has 0 unspecified atom stereocenters. The molecule has 1 aliphatic heterocycles. The third-order valence-corrected chi connectivity index (χ3v) is 3.69. The monoisotopic (exact) mass is 283 g/mol. The number of rotatable bonds is 4. The van der Waals surface area contributed by atoms with Gasteiger partial charge in [0.2, 0.25) is 0 Å². The van der Waals surface area contributed by atoms with E-state index in [0.717, 1.165) is 25.9 Å². The molecule has 0 bridgehead atoms. The zero-order valence-corrected chi connectivity index (χ0v) is 11.3. The van der Waals surface area contributed by atoms with E-state index in [1.807, 2.05) is 0 Å². The Morgan fingerprint density at radius 1 is 1.63 bits per heavy atom. The van der Waals surface area contributed by atoms with Crippen molar-refractivity contribution in [3.8, 4) is 0 Å². The quantitative estimate of drug-likeness (QED) is 0.314. The summed E-state index contributed by atoms with van der Waals surface area (Å²) >= 11 is 1.41. The zero-order valence-electron chi connectivity index (χ0n) is 10.5. The topological polar surface area (TPSA) is 104 Å². The van der Waals surface area contributed by atoms with Crippen LogP contribution >= 0.6 is 11.3 Å². The Morgan fingerprint density at radius 2 is 2.37 bits per heavy atom. The van der Waals surface area contributed by atoms with Crippen LogP contribution in [0.4, 0.5) is 0 Å². The van der Waals surface area contributed by atoms with Gasteiger partial charge >= 0.3 is 0 Å². The second kappa shape index (κ2) is 6.48. The predicted molar refractivity (Wildman–Crippen MR) is 72.5 cm³/mol. The largest absolute Gasteiger partial charge is 0.409 e. The van der Waals surface area contributed by atoms with Gasteiger partial charge in [-0.05, 0) is 12.8 Å². The number of oxime groups is 1. The fourth-order valence-electron chi connectivity index (χ4n) is 2.08. The number of piperidine rings is 1. The van der Waals surface area contributed by atoms with Crippen molar-refractivity contribution in [1.29, 1.82) is 0 Å². The summed E-state index contributed by atoms with van der Waals surface area (Å²) in [5, 5.41) is 16.2. The molecule has 0 aromatic carbocycles. The summed E-state index contributed by atoms with van der Waals surface area (Å²) in [6.45, 7) is 2.10. The molecule has 1 aliphatic rings. The molecular formula is C11H17N5O2S. The highest BCUT2D eigenvalue weighted by Gasteiger charge is 2.22. The first-order valence-electron chi connectivity index (χ1n) is 6.07. The highest BCUT2D eigenvalue weighted by molar-refractivity contribution is 7.07. The lowest BCUT2D eigenvalue weighted by atomic mass is 10.0. The molecule has 0 saturated carbocycles. The Morgan fingerprint density at radius 3 is 2.95 bits per heavy atom. The lowest BCUT2D eigenvalue weighted by Gasteiger charge is -2.31. The number of likely N-dealkylation sites (tertiary alicyclic amines) is 1. The van der Waals surface area contributed by atoms with Gasteiger partial charge in [0.25, 0.3) is 5.91 Å². The highest BCUT2D eigenvalue weighted by Crippen LogP contribution is 2.11. The third kappa shape index (κ3) is 3.90. The van der Waals surface area contributed by atoms with Crippen molar-refractivity contribution >= 4 is 23.1 Å². The van der Waals surface area contributed by atoms with E-state index in [9.17, 15) is 4.79 Å². The summed E-state index contributed by atoms with van der Waals surface area (Å²) < 4.78 is 0. The fraction of sp³-hybridized carbons (Fsp3) is 0.545. The van der Waals surface area contributed by atoms with E-state index < -0.39 is 0 Å². The van der Waals surface area contributed by atoms with Gasteiger partial charge in [0.15, 0.2) is 5.84 Å². The van der Waals surface area contributed by atoms with Gasteiger partial charge in [-0.15, -0.1) is 11.3 Å². The Kier molecular flexibility index (Phi) is 4.69. The first-order chi connectivity index (χ1) is 9.19. The van der Waals surface area contributed by atoms with E-state index in [1.54, 1.807) is 10.9 Å². The van der Waals surface area contributed by atoms with Crippen molar-refractivity contribution in [1.82, 2.24) is 15.2 Å². The number of amides is 1. The number of thiazole rings is 1. The smallest absolute Gasteiger partial charge is 0.270 e. The zero-order chi connectivity index (χ0) is 13.7. The first kappa shape index (κ1) is 13.8. The van der Waals surface area contributed by atoms with Crippen LogP contribution in [0, 0.1) is 0 Å². The van der Waals surface area contributed by atoms with E-state index in [2.05, 4.69) is 20.4 Å². The van der Waals surface area contributed by atoms with Crippen molar-refractivity contribution < 1.29 is 10.0 Å². The van der Waals surface area contributed by atoms with E-state index in [0.29, 0.717) is 12.2 Å². The van der Waals surface area contributed by atoms with Crippen molar-refractivity contribution in [3.05, 3.63) is 16.6 Å². The molecule has 2 rings (SSSR count). The minimum atomic E-state index is -0.115. The van der Waals surface area contributed by atoms with Gasteiger partial charge in [0.05, 0.1) is 12.1 Å². The van der Waals surface area contributed by atoms with Gasteiger partial charge < -0.3 is 16.3 Å². The van der Waals surface area contributed by atoms with Crippen LogP contribution in [0.3, 0.4) is 0 Å². The average Bonchev–Trinajstić information content (AvgIpc) is 2.95. The first-order valence-corrected chi connectivity index (χ1v) is 7.01. The Hall–Kier alpha value is -1.67. The molecule has 0 spiro atoms. The molecule has 8 heteroatoms. The van der Waals surface area contributed by atoms with Crippen LogP contribution in [0.25, 0.3) is 0 Å². The molecule has 104 valence electrons. The van der Waals surface area contributed by atoms with Crippen LogP contribution in [-0.2, 0) is 0 Å². The molecule has 19 heavy (non-hydrogen) atoms. The van der Waals surface area contributed by atoms with Gasteiger partial charge in [-0.1, -0.05) is 5.16 Å². The van der Waals surface area contributed by atoms with Gasteiger partial charge in [0, 0.05) is 24.5 Å². The number of nitrogens with one attached hydrogen (secondary N) is 1.